The van der Waals surface area contributed by atoms with Crippen LogP contribution in [0.15, 0.2) is 90.5 Å². The SMILES string of the molecule is CC1=C(CC(=O)O)c2cc(F)ccc2/C1=C\c1cccc(Oc2ccc3ccccc3c2)c1. The van der Waals surface area contributed by atoms with Gasteiger partial charge in [-0.15, -0.1) is 0 Å². The Morgan fingerprint density at radius 2 is 1.67 bits per heavy atom. The molecule has 0 atom stereocenters. The summed E-state index contributed by atoms with van der Waals surface area (Å²) in [4.78, 5) is 11.4. The molecule has 0 aliphatic heterocycles. The van der Waals surface area contributed by atoms with Crippen molar-refractivity contribution in [2.45, 2.75) is 13.3 Å². The smallest absolute Gasteiger partial charge is 0.307 e. The van der Waals surface area contributed by atoms with E-state index in [1.165, 1.54) is 12.1 Å². The van der Waals surface area contributed by atoms with E-state index in [9.17, 15) is 14.3 Å². The number of hydrogen-bond acceptors (Lipinski definition) is 2. The van der Waals surface area contributed by atoms with Crippen molar-refractivity contribution in [3.63, 3.8) is 0 Å². The molecule has 0 aromatic heterocycles. The van der Waals surface area contributed by atoms with E-state index in [-0.39, 0.29) is 12.2 Å². The molecule has 1 N–H and O–H groups in total. The predicted octanol–water partition coefficient (Wildman–Crippen LogP) is 7.57. The van der Waals surface area contributed by atoms with E-state index in [0.29, 0.717) is 16.9 Å². The summed E-state index contributed by atoms with van der Waals surface area (Å²) < 4.78 is 20.0. The minimum absolute atomic E-state index is 0.148. The Balaban J connectivity index is 1.50. The molecule has 0 heterocycles. The molecule has 0 unspecified atom stereocenters. The zero-order valence-electron chi connectivity index (χ0n) is 18.0. The van der Waals surface area contributed by atoms with Crippen LogP contribution < -0.4 is 4.74 Å². The number of aliphatic carboxylic acids is 1. The largest absolute Gasteiger partial charge is 0.481 e. The Hall–Kier alpha value is -4.18. The van der Waals surface area contributed by atoms with Crippen LogP contribution in [0.3, 0.4) is 0 Å². The van der Waals surface area contributed by atoms with Gasteiger partial charge >= 0.3 is 5.97 Å². The van der Waals surface area contributed by atoms with E-state index < -0.39 is 5.97 Å². The number of allylic oxidation sites excluding steroid dienone is 2. The molecule has 0 saturated heterocycles. The van der Waals surface area contributed by atoms with E-state index in [2.05, 4.69) is 6.07 Å². The topological polar surface area (TPSA) is 46.5 Å². The van der Waals surface area contributed by atoms with Crippen LogP contribution in [0, 0.1) is 5.82 Å². The second kappa shape index (κ2) is 8.40. The molecule has 0 radical (unpaired) electrons. The van der Waals surface area contributed by atoms with Gasteiger partial charge in [0.05, 0.1) is 6.42 Å². The highest BCUT2D eigenvalue weighted by Gasteiger charge is 2.25. The van der Waals surface area contributed by atoms with E-state index >= 15 is 0 Å². The number of fused-ring (bicyclic) bond motifs is 2. The quantitative estimate of drug-likeness (QED) is 0.351. The van der Waals surface area contributed by atoms with Crippen LogP contribution in [0.2, 0.25) is 0 Å². The molecule has 1 aliphatic rings. The van der Waals surface area contributed by atoms with Gasteiger partial charge in [0.2, 0.25) is 0 Å². The second-order valence-electron chi connectivity index (χ2n) is 8.11. The molecule has 0 bridgehead atoms. The maximum absolute atomic E-state index is 13.9. The molecule has 4 aromatic rings. The van der Waals surface area contributed by atoms with Crippen molar-refractivity contribution in [3.8, 4) is 11.5 Å². The molecule has 33 heavy (non-hydrogen) atoms. The van der Waals surface area contributed by atoms with Gasteiger partial charge < -0.3 is 9.84 Å². The Kier molecular flexibility index (Phi) is 5.27. The molecule has 5 rings (SSSR count). The van der Waals surface area contributed by atoms with Gasteiger partial charge in [-0.1, -0.05) is 48.5 Å². The first-order valence-electron chi connectivity index (χ1n) is 10.7. The number of rotatable bonds is 5. The molecular weight excluding hydrogens is 415 g/mol. The summed E-state index contributed by atoms with van der Waals surface area (Å²) in [6.07, 6.45) is 1.85. The molecule has 0 amide bonds. The molecule has 3 nitrogen and oxygen atoms in total. The third-order valence-corrected chi connectivity index (χ3v) is 5.91. The summed E-state index contributed by atoms with van der Waals surface area (Å²) in [5.41, 5.74) is 4.78. The highest BCUT2D eigenvalue weighted by atomic mass is 19.1. The first-order chi connectivity index (χ1) is 16.0. The van der Waals surface area contributed by atoms with Gasteiger partial charge in [-0.25, -0.2) is 4.39 Å². The first kappa shape index (κ1) is 20.7. The minimum atomic E-state index is -0.938. The standard InChI is InChI=1S/C29H21FO3/c1-18-26(25-12-10-22(30)16-28(25)27(18)17-29(31)32)14-19-5-4-8-23(13-19)33-24-11-9-20-6-2-3-7-21(20)15-24/h2-16H,17H2,1H3,(H,31,32)/b26-14-. The maximum atomic E-state index is 13.9. The van der Waals surface area contributed by atoms with Gasteiger partial charge in [0.15, 0.2) is 0 Å². The van der Waals surface area contributed by atoms with Crippen LogP contribution in [-0.2, 0) is 4.79 Å². The van der Waals surface area contributed by atoms with E-state index in [1.54, 1.807) is 6.07 Å². The number of halogens is 1. The summed E-state index contributed by atoms with van der Waals surface area (Å²) >= 11 is 0. The van der Waals surface area contributed by atoms with Gasteiger partial charge in [-0.05, 0) is 93.6 Å². The number of benzene rings is 4. The van der Waals surface area contributed by atoms with Crippen LogP contribution in [-0.4, -0.2) is 11.1 Å². The minimum Gasteiger partial charge on any atom is -0.481 e. The normalized spacial score (nSPS) is 14.1. The fourth-order valence-corrected chi connectivity index (χ4v) is 4.33. The summed E-state index contributed by atoms with van der Waals surface area (Å²) in [6, 6.07) is 26.3. The van der Waals surface area contributed by atoms with E-state index in [4.69, 9.17) is 4.74 Å². The van der Waals surface area contributed by atoms with Gasteiger partial charge in [0.1, 0.15) is 17.3 Å². The Morgan fingerprint density at radius 3 is 2.48 bits per heavy atom. The lowest BCUT2D eigenvalue weighted by Crippen LogP contribution is -1.97. The lowest BCUT2D eigenvalue weighted by Gasteiger charge is -2.09. The third kappa shape index (κ3) is 4.15. The van der Waals surface area contributed by atoms with Crippen molar-refractivity contribution in [2.24, 2.45) is 0 Å². The fraction of sp³-hybridized carbons (Fsp3) is 0.0690. The molecule has 0 saturated carbocycles. The van der Waals surface area contributed by atoms with Crippen LogP contribution in [0.5, 0.6) is 11.5 Å². The van der Waals surface area contributed by atoms with Crippen molar-refractivity contribution < 1.29 is 19.0 Å². The number of carboxylic acids is 1. The third-order valence-electron chi connectivity index (χ3n) is 5.91. The van der Waals surface area contributed by atoms with Crippen molar-refractivity contribution in [1.29, 1.82) is 0 Å². The van der Waals surface area contributed by atoms with Crippen LogP contribution in [0.4, 0.5) is 4.39 Å². The maximum Gasteiger partial charge on any atom is 0.307 e. The van der Waals surface area contributed by atoms with Gasteiger partial charge in [-0.3, -0.25) is 4.79 Å². The van der Waals surface area contributed by atoms with Gasteiger partial charge in [-0.2, -0.15) is 0 Å². The molecule has 4 aromatic carbocycles. The van der Waals surface area contributed by atoms with Gasteiger partial charge in [0.25, 0.3) is 0 Å². The van der Waals surface area contributed by atoms with Crippen molar-refractivity contribution in [1.82, 2.24) is 0 Å². The zero-order valence-corrected chi connectivity index (χ0v) is 18.0. The number of ether oxygens (including phenoxy) is 1. The molecule has 4 heteroatoms. The summed E-state index contributed by atoms with van der Waals surface area (Å²) in [6.45, 7) is 1.89. The lowest BCUT2D eigenvalue weighted by atomic mass is 10.0. The van der Waals surface area contributed by atoms with E-state index in [0.717, 1.165) is 38.8 Å². The molecular formula is C29H21FO3. The van der Waals surface area contributed by atoms with Crippen molar-refractivity contribution in [2.75, 3.05) is 0 Å². The summed E-state index contributed by atoms with van der Waals surface area (Å²) in [7, 11) is 0. The summed E-state index contributed by atoms with van der Waals surface area (Å²) in [5.74, 6) is 0.132. The lowest BCUT2D eigenvalue weighted by molar-refractivity contribution is -0.135. The van der Waals surface area contributed by atoms with Crippen molar-refractivity contribution in [3.05, 3.63) is 113 Å². The van der Waals surface area contributed by atoms with E-state index in [1.807, 2.05) is 73.7 Å². The average molecular weight is 436 g/mol. The van der Waals surface area contributed by atoms with Crippen LogP contribution >= 0.6 is 0 Å². The van der Waals surface area contributed by atoms with Crippen LogP contribution in [0.1, 0.15) is 30.0 Å². The molecule has 162 valence electrons. The zero-order chi connectivity index (χ0) is 22.9. The first-order valence-corrected chi connectivity index (χ1v) is 10.7. The van der Waals surface area contributed by atoms with Crippen LogP contribution in [0.25, 0.3) is 28.0 Å². The highest BCUT2D eigenvalue weighted by Crippen LogP contribution is 2.44. The Bertz CT molecular complexity index is 1460. The Labute approximate surface area is 191 Å². The fourth-order valence-electron chi connectivity index (χ4n) is 4.33. The number of hydrogen-bond donors (Lipinski definition) is 1. The number of carbonyl (C=O) groups is 1. The molecule has 0 spiro atoms. The number of carboxylic acid groups (broad SMARTS) is 1. The average Bonchev–Trinajstić information content (AvgIpc) is 3.04. The molecule has 1 aliphatic carbocycles. The Morgan fingerprint density at radius 1 is 0.879 bits per heavy atom. The highest BCUT2D eigenvalue weighted by molar-refractivity contribution is 6.07. The summed E-state index contributed by atoms with van der Waals surface area (Å²) in [5, 5.41) is 11.6. The predicted molar refractivity (Wildman–Crippen MR) is 130 cm³/mol. The monoisotopic (exact) mass is 436 g/mol. The van der Waals surface area contributed by atoms with Gasteiger partial charge in [0, 0.05) is 0 Å². The molecule has 0 fully saturated rings. The van der Waals surface area contributed by atoms with Crippen molar-refractivity contribution >= 4 is 34.0 Å². The second-order valence-corrected chi connectivity index (χ2v) is 8.11.